The number of carboxylic acids is 1. The number of esters is 1. The lowest BCUT2D eigenvalue weighted by atomic mass is 10.0. The van der Waals surface area contributed by atoms with Crippen LogP contribution in [0.2, 0.25) is 0 Å². The number of ether oxygens (including phenoxy) is 1. The first-order chi connectivity index (χ1) is 28.1. The molecule has 0 saturated carbocycles. The molecule has 0 spiro atoms. The maximum Gasteiger partial charge on any atom is 0.472 e. The zero-order valence-electron chi connectivity index (χ0n) is 37.1. The fourth-order valence-electron chi connectivity index (χ4n) is 6.84. The molecule has 0 radical (unpaired) electrons. The molecule has 0 aromatic carbocycles. The highest BCUT2D eigenvalue weighted by Gasteiger charge is 2.28. The highest BCUT2D eigenvalue weighted by atomic mass is 31.2. The minimum Gasteiger partial charge on any atom is -0.480 e. The zero-order valence-corrected chi connectivity index (χ0v) is 38.0. The van der Waals surface area contributed by atoms with Gasteiger partial charge in [-0.1, -0.05) is 193 Å². The Morgan fingerprint density at radius 2 is 0.897 bits per heavy atom. The summed E-state index contributed by atoms with van der Waals surface area (Å²) >= 11 is 0. The lowest BCUT2D eigenvalue weighted by molar-refractivity contribution is -0.147. The Kier molecular flexibility index (Phi) is 40.6. The molecule has 0 aromatic rings. The normalized spacial score (nSPS) is 13.7. The van der Waals surface area contributed by atoms with E-state index in [1.807, 2.05) is 0 Å². The van der Waals surface area contributed by atoms with Crippen molar-refractivity contribution in [3.63, 3.8) is 0 Å². The molecule has 0 aliphatic heterocycles. The van der Waals surface area contributed by atoms with Crippen molar-refractivity contribution in [3.8, 4) is 0 Å². The molecule has 0 heterocycles. The molecule has 4 N–H and O–H groups in total. The summed E-state index contributed by atoms with van der Waals surface area (Å²) in [6, 6.07) is -1.54. The van der Waals surface area contributed by atoms with Gasteiger partial charge in [-0.3, -0.25) is 18.6 Å². The van der Waals surface area contributed by atoms with Gasteiger partial charge in [0, 0.05) is 12.8 Å². The summed E-state index contributed by atoms with van der Waals surface area (Å²) in [5.41, 5.74) is 0. The van der Waals surface area contributed by atoms with Crippen molar-refractivity contribution in [1.29, 1.82) is 0 Å². The molecule has 0 bridgehead atoms. The van der Waals surface area contributed by atoms with E-state index in [1.54, 1.807) is 0 Å². The number of aliphatic carboxylic acids is 1. The number of carbonyl (C=O) groups is 3. The molecule has 0 rings (SSSR count). The summed E-state index contributed by atoms with van der Waals surface area (Å²) in [6.45, 7) is 2.61. The first-order valence-corrected chi connectivity index (χ1v) is 25.2. The quantitative estimate of drug-likeness (QED) is 0.0200. The Morgan fingerprint density at radius 1 is 0.534 bits per heavy atom. The maximum absolute atomic E-state index is 12.3. The Balaban J connectivity index is 3.84. The van der Waals surface area contributed by atoms with Gasteiger partial charge in [-0.25, -0.2) is 9.36 Å². The number of rotatable bonds is 45. The van der Waals surface area contributed by atoms with Crippen LogP contribution in [0.25, 0.3) is 0 Å². The van der Waals surface area contributed by atoms with Gasteiger partial charge in [0.25, 0.3) is 0 Å². The van der Waals surface area contributed by atoms with E-state index in [4.69, 9.17) is 13.8 Å². The van der Waals surface area contributed by atoms with Gasteiger partial charge in [-0.2, -0.15) is 0 Å². The smallest absolute Gasteiger partial charge is 0.472 e. The van der Waals surface area contributed by atoms with Crippen LogP contribution in [0.4, 0.5) is 0 Å². The first kappa shape index (κ1) is 56.2. The van der Waals surface area contributed by atoms with Crippen LogP contribution >= 0.6 is 7.82 Å². The molecular formula is C46H88NO10P. The number of aliphatic hydroxyl groups excluding tert-OH is 1. The number of nitrogens with one attached hydrogen (secondary N) is 1. The van der Waals surface area contributed by atoms with Crippen LogP contribution in [0, 0.1) is 0 Å². The average Bonchev–Trinajstić information content (AvgIpc) is 3.20. The number of carboxylic acid groups (broad SMARTS) is 1. The fourth-order valence-corrected chi connectivity index (χ4v) is 7.61. The van der Waals surface area contributed by atoms with E-state index in [0.717, 1.165) is 57.8 Å². The van der Waals surface area contributed by atoms with Gasteiger partial charge in [0.05, 0.1) is 13.2 Å². The number of hydrogen-bond acceptors (Lipinski definition) is 8. The van der Waals surface area contributed by atoms with Crippen molar-refractivity contribution in [3.05, 3.63) is 12.2 Å². The average molecular weight is 846 g/mol. The van der Waals surface area contributed by atoms with Crippen molar-refractivity contribution in [2.75, 3.05) is 19.8 Å². The van der Waals surface area contributed by atoms with Gasteiger partial charge in [0.1, 0.15) is 12.7 Å². The molecule has 3 atom stereocenters. The van der Waals surface area contributed by atoms with Crippen molar-refractivity contribution >= 4 is 25.7 Å². The van der Waals surface area contributed by atoms with Gasteiger partial charge in [0.15, 0.2) is 6.04 Å². The summed E-state index contributed by atoms with van der Waals surface area (Å²) in [4.78, 5) is 46.0. The first-order valence-electron chi connectivity index (χ1n) is 23.7. The number of amides is 1. The van der Waals surface area contributed by atoms with E-state index in [-0.39, 0.29) is 12.8 Å². The predicted octanol–water partition coefficient (Wildman–Crippen LogP) is 12.5. The second-order valence-corrected chi connectivity index (χ2v) is 17.8. The molecule has 3 unspecified atom stereocenters. The number of allylic oxidation sites excluding steroid dienone is 2. The molecule has 0 aromatic heterocycles. The third-order valence-electron chi connectivity index (χ3n) is 10.6. The topological polar surface area (TPSA) is 169 Å². The molecule has 11 nitrogen and oxygen atoms in total. The number of unbranched alkanes of at least 4 members (excludes halogenated alkanes) is 29. The van der Waals surface area contributed by atoms with E-state index >= 15 is 0 Å². The van der Waals surface area contributed by atoms with Crippen molar-refractivity contribution < 1.29 is 47.8 Å². The van der Waals surface area contributed by atoms with Crippen LogP contribution < -0.4 is 5.32 Å². The largest absolute Gasteiger partial charge is 0.480 e. The lowest BCUT2D eigenvalue weighted by Crippen LogP contribution is -2.43. The Hall–Kier alpha value is -1.78. The summed E-state index contributed by atoms with van der Waals surface area (Å²) < 4.78 is 26.9. The second kappa shape index (κ2) is 41.9. The third-order valence-corrected chi connectivity index (χ3v) is 11.5. The summed E-state index contributed by atoms with van der Waals surface area (Å²) in [7, 11) is -4.75. The predicted molar refractivity (Wildman–Crippen MR) is 236 cm³/mol. The van der Waals surface area contributed by atoms with Crippen LogP contribution in [-0.4, -0.2) is 64.9 Å². The maximum atomic E-state index is 12.3. The molecule has 12 heteroatoms. The molecule has 0 fully saturated rings. The number of phosphoric ester groups is 1. The highest BCUT2D eigenvalue weighted by molar-refractivity contribution is 7.47. The van der Waals surface area contributed by atoms with Gasteiger partial charge in [0.2, 0.25) is 5.91 Å². The second-order valence-electron chi connectivity index (χ2n) is 16.3. The minimum absolute atomic E-state index is 0.151. The summed E-state index contributed by atoms with van der Waals surface area (Å²) in [5, 5.41) is 21.9. The van der Waals surface area contributed by atoms with E-state index in [1.165, 1.54) is 135 Å². The van der Waals surface area contributed by atoms with Gasteiger partial charge < -0.3 is 25.2 Å². The van der Waals surface area contributed by atoms with E-state index in [2.05, 4.69) is 31.3 Å². The standard InChI is InChI=1S/C46H88NO10P/c1-3-5-7-9-11-13-15-17-19-20-21-22-23-24-25-27-29-31-33-35-37-44(49)47-43(46(51)52)41-57-58(53,54)56-40-42(48)39-55-45(50)38-36-34-32-30-28-26-18-16-14-12-10-8-6-4-2/h16,18,42-43,48H,3-15,17,19-41H2,1-2H3,(H,47,49)(H,51,52)(H,53,54)/b18-16-. The number of aliphatic hydroxyl groups is 1. The molecule has 0 saturated heterocycles. The van der Waals surface area contributed by atoms with Crippen molar-refractivity contribution in [2.45, 2.75) is 244 Å². The molecule has 0 aliphatic carbocycles. The van der Waals surface area contributed by atoms with Crippen molar-refractivity contribution in [1.82, 2.24) is 5.32 Å². The van der Waals surface area contributed by atoms with Crippen LogP contribution in [0.3, 0.4) is 0 Å². The van der Waals surface area contributed by atoms with Crippen LogP contribution in [0.15, 0.2) is 12.2 Å². The van der Waals surface area contributed by atoms with Gasteiger partial charge in [-0.15, -0.1) is 0 Å². The highest BCUT2D eigenvalue weighted by Crippen LogP contribution is 2.43. The summed E-state index contributed by atoms with van der Waals surface area (Å²) in [5.74, 6) is -2.37. The summed E-state index contributed by atoms with van der Waals surface area (Å²) in [6.07, 6.45) is 42.3. The molecule has 58 heavy (non-hydrogen) atoms. The van der Waals surface area contributed by atoms with Crippen molar-refractivity contribution in [2.24, 2.45) is 0 Å². The van der Waals surface area contributed by atoms with E-state index in [9.17, 15) is 34.1 Å². The molecule has 342 valence electrons. The number of carbonyl (C=O) groups excluding carboxylic acids is 2. The SMILES string of the molecule is CCCCCCC/C=C\CCCCCCCC(=O)OCC(O)COP(=O)(O)OCC(NC(=O)CCCCCCCCCCCCCCCCCCCCCC)C(=O)O. The fraction of sp³-hybridized carbons (Fsp3) is 0.891. The number of phosphoric acid groups is 1. The molecular weight excluding hydrogens is 757 g/mol. The van der Waals surface area contributed by atoms with Gasteiger partial charge in [-0.05, 0) is 38.5 Å². The monoisotopic (exact) mass is 846 g/mol. The third kappa shape index (κ3) is 41.0. The Bertz CT molecular complexity index is 1040. The van der Waals surface area contributed by atoms with Crippen LogP contribution in [-0.2, 0) is 32.7 Å². The van der Waals surface area contributed by atoms with Crippen LogP contribution in [0.5, 0.6) is 0 Å². The minimum atomic E-state index is -4.75. The zero-order chi connectivity index (χ0) is 42.8. The molecule has 0 aliphatic rings. The van der Waals surface area contributed by atoms with Crippen LogP contribution in [0.1, 0.15) is 232 Å². The Labute approximate surface area is 354 Å². The Morgan fingerprint density at radius 3 is 1.31 bits per heavy atom. The lowest BCUT2D eigenvalue weighted by Gasteiger charge is -2.18. The number of hydrogen-bond donors (Lipinski definition) is 4. The molecule has 1 amide bonds. The van der Waals surface area contributed by atoms with Gasteiger partial charge >= 0.3 is 19.8 Å². The van der Waals surface area contributed by atoms with E-state index < -0.39 is 57.6 Å². The van der Waals surface area contributed by atoms with E-state index in [0.29, 0.717) is 12.8 Å².